The van der Waals surface area contributed by atoms with E-state index in [0.29, 0.717) is 6.54 Å². The number of benzene rings is 2. The van der Waals surface area contributed by atoms with Crippen LogP contribution in [-0.2, 0) is 16.8 Å². The van der Waals surface area contributed by atoms with Crippen molar-refractivity contribution in [3.05, 3.63) is 65.2 Å². The van der Waals surface area contributed by atoms with Gasteiger partial charge in [-0.25, -0.2) is 4.79 Å². The zero-order chi connectivity index (χ0) is 18.6. The van der Waals surface area contributed by atoms with Crippen LogP contribution in [0.15, 0.2) is 48.5 Å². The topological polar surface area (TPSA) is 75.6 Å². The molecule has 2 N–H and O–H groups in total. The molecule has 0 aliphatic heterocycles. The second-order valence-corrected chi connectivity index (χ2v) is 6.71. The van der Waals surface area contributed by atoms with Crippen LogP contribution in [0.4, 0.5) is 0 Å². The van der Waals surface area contributed by atoms with Crippen LogP contribution in [0, 0.1) is 0 Å². The summed E-state index contributed by atoms with van der Waals surface area (Å²) in [5, 5.41) is 12.0. The Kier molecular flexibility index (Phi) is 5.26. The van der Waals surface area contributed by atoms with Crippen LogP contribution in [0.5, 0.6) is 5.75 Å². The number of ether oxygens (including phenoxy) is 1. The molecule has 1 aliphatic carbocycles. The molecule has 1 amide bonds. The van der Waals surface area contributed by atoms with Crippen LogP contribution < -0.4 is 10.1 Å². The number of amides is 1. The Labute approximate surface area is 153 Å². The van der Waals surface area contributed by atoms with Gasteiger partial charge >= 0.3 is 5.97 Å². The van der Waals surface area contributed by atoms with E-state index in [1.165, 1.54) is 0 Å². The molecule has 0 saturated heterocycles. The number of hydrogen-bond acceptors (Lipinski definition) is 3. The fourth-order valence-electron chi connectivity index (χ4n) is 3.66. The average Bonchev–Trinajstić information content (AvgIpc) is 3.17. The summed E-state index contributed by atoms with van der Waals surface area (Å²) in [7, 11) is 1.63. The summed E-state index contributed by atoms with van der Waals surface area (Å²) in [6.45, 7) is 0.379. The molecule has 0 heterocycles. The number of carbonyl (C=O) groups is 2. The van der Waals surface area contributed by atoms with Gasteiger partial charge in [-0.2, -0.15) is 0 Å². The van der Waals surface area contributed by atoms with E-state index < -0.39 is 11.4 Å². The molecule has 2 aromatic rings. The summed E-state index contributed by atoms with van der Waals surface area (Å²) >= 11 is 0. The van der Waals surface area contributed by atoms with Crippen molar-refractivity contribution in [3.8, 4) is 5.75 Å². The third kappa shape index (κ3) is 3.57. The molecule has 0 aromatic heterocycles. The highest BCUT2D eigenvalue weighted by atomic mass is 16.5. The molecule has 136 valence electrons. The molecule has 1 fully saturated rings. The summed E-state index contributed by atoms with van der Waals surface area (Å²) in [5.41, 5.74) is 1.59. The van der Waals surface area contributed by atoms with Crippen molar-refractivity contribution in [1.82, 2.24) is 5.32 Å². The lowest BCUT2D eigenvalue weighted by molar-refractivity contribution is -0.126. The molecule has 5 nitrogen and oxygen atoms in total. The van der Waals surface area contributed by atoms with Gasteiger partial charge in [0.05, 0.1) is 18.1 Å². The summed E-state index contributed by atoms with van der Waals surface area (Å²) < 4.78 is 5.32. The van der Waals surface area contributed by atoms with Crippen LogP contribution in [0.25, 0.3) is 0 Å². The molecule has 1 aliphatic rings. The van der Waals surface area contributed by atoms with Gasteiger partial charge in [-0.1, -0.05) is 37.1 Å². The number of rotatable bonds is 6. The Bertz CT molecular complexity index is 792. The first-order valence-corrected chi connectivity index (χ1v) is 8.80. The van der Waals surface area contributed by atoms with Crippen LogP contribution in [0.3, 0.4) is 0 Å². The quantitative estimate of drug-likeness (QED) is 0.833. The van der Waals surface area contributed by atoms with E-state index in [2.05, 4.69) is 5.32 Å². The monoisotopic (exact) mass is 353 g/mol. The van der Waals surface area contributed by atoms with Gasteiger partial charge < -0.3 is 15.2 Å². The van der Waals surface area contributed by atoms with Gasteiger partial charge in [-0.05, 0) is 48.2 Å². The van der Waals surface area contributed by atoms with Crippen molar-refractivity contribution >= 4 is 11.9 Å². The van der Waals surface area contributed by atoms with Crippen molar-refractivity contribution < 1.29 is 19.4 Å². The van der Waals surface area contributed by atoms with E-state index in [1.54, 1.807) is 31.4 Å². The second-order valence-electron chi connectivity index (χ2n) is 6.71. The second kappa shape index (κ2) is 7.60. The van der Waals surface area contributed by atoms with E-state index in [4.69, 9.17) is 9.84 Å². The number of methoxy groups -OCH3 is 1. The van der Waals surface area contributed by atoms with Crippen molar-refractivity contribution in [2.45, 2.75) is 37.6 Å². The lowest BCUT2D eigenvalue weighted by atomic mass is 9.78. The third-order valence-electron chi connectivity index (χ3n) is 5.17. The Morgan fingerprint density at radius 1 is 1.12 bits per heavy atom. The third-order valence-corrected chi connectivity index (χ3v) is 5.17. The summed E-state index contributed by atoms with van der Waals surface area (Å²) in [6, 6.07) is 14.3. The molecule has 1 saturated carbocycles. The minimum Gasteiger partial charge on any atom is -0.497 e. The van der Waals surface area contributed by atoms with Crippen LogP contribution in [0.2, 0.25) is 0 Å². The summed E-state index contributed by atoms with van der Waals surface area (Å²) in [6.07, 6.45) is 3.70. The molecular formula is C21H23NO4. The van der Waals surface area contributed by atoms with Gasteiger partial charge in [0, 0.05) is 6.54 Å². The van der Waals surface area contributed by atoms with Gasteiger partial charge in [0.25, 0.3) is 0 Å². The fourth-order valence-corrected chi connectivity index (χ4v) is 3.66. The van der Waals surface area contributed by atoms with Gasteiger partial charge in [0.15, 0.2) is 0 Å². The molecule has 0 atom stereocenters. The van der Waals surface area contributed by atoms with Gasteiger partial charge in [-0.15, -0.1) is 0 Å². The highest BCUT2D eigenvalue weighted by Gasteiger charge is 2.42. The number of hydrogen-bond donors (Lipinski definition) is 2. The summed E-state index contributed by atoms with van der Waals surface area (Å²) in [5.74, 6) is -0.181. The average molecular weight is 353 g/mol. The Morgan fingerprint density at radius 3 is 2.42 bits per heavy atom. The minimum atomic E-state index is -0.955. The molecular weight excluding hydrogens is 330 g/mol. The maximum Gasteiger partial charge on any atom is 0.335 e. The SMILES string of the molecule is COc1cccc(C2(C(=O)NCc3ccc(C(=O)O)cc3)CCCC2)c1. The number of carboxylic acid groups (broad SMARTS) is 1. The minimum absolute atomic E-state index is 0.0190. The van der Waals surface area contributed by atoms with Crippen molar-refractivity contribution in [2.75, 3.05) is 7.11 Å². The first-order valence-electron chi connectivity index (χ1n) is 8.80. The molecule has 26 heavy (non-hydrogen) atoms. The largest absolute Gasteiger partial charge is 0.497 e. The van der Waals surface area contributed by atoms with E-state index >= 15 is 0 Å². The van der Waals surface area contributed by atoms with Crippen LogP contribution in [-0.4, -0.2) is 24.1 Å². The lowest BCUT2D eigenvalue weighted by Crippen LogP contribution is -2.42. The fraction of sp³-hybridized carbons (Fsp3) is 0.333. The maximum atomic E-state index is 13.1. The van der Waals surface area contributed by atoms with Crippen LogP contribution in [0.1, 0.15) is 47.2 Å². The highest BCUT2D eigenvalue weighted by molar-refractivity contribution is 5.89. The zero-order valence-corrected chi connectivity index (χ0v) is 14.8. The van der Waals surface area contributed by atoms with Crippen LogP contribution >= 0.6 is 0 Å². The highest BCUT2D eigenvalue weighted by Crippen LogP contribution is 2.42. The number of carbonyl (C=O) groups excluding carboxylic acids is 1. The van der Waals surface area contributed by atoms with E-state index in [9.17, 15) is 9.59 Å². The lowest BCUT2D eigenvalue weighted by Gasteiger charge is -2.28. The molecule has 2 aromatic carbocycles. The number of aromatic carboxylic acids is 1. The van der Waals surface area contributed by atoms with Gasteiger partial charge in [0.2, 0.25) is 5.91 Å². The van der Waals surface area contributed by atoms with Crippen molar-refractivity contribution in [1.29, 1.82) is 0 Å². The van der Waals surface area contributed by atoms with Gasteiger partial charge in [0.1, 0.15) is 5.75 Å². The Hall–Kier alpha value is -2.82. The molecule has 0 radical (unpaired) electrons. The standard InChI is InChI=1S/C21H23NO4/c1-26-18-6-4-5-17(13-18)21(11-2-3-12-21)20(25)22-14-15-7-9-16(10-8-15)19(23)24/h4-10,13H,2-3,11-12,14H2,1H3,(H,22,25)(H,23,24). The first kappa shape index (κ1) is 18.0. The summed E-state index contributed by atoms with van der Waals surface area (Å²) in [4.78, 5) is 24.0. The van der Waals surface area contributed by atoms with Crippen molar-refractivity contribution in [3.63, 3.8) is 0 Å². The Morgan fingerprint density at radius 2 is 1.81 bits per heavy atom. The molecule has 0 bridgehead atoms. The van der Waals surface area contributed by atoms with E-state index in [1.807, 2.05) is 24.3 Å². The first-order chi connectivity index (χ1) is 12.5. The van der Waals surface area contributed by atoms with Gasteiger partial charge in [-0.3, -0.25) is 4.79 Å². The molecule has 0 unspecified atom stereocenters. The molecule has 3 rings (SSSR count). The number of nitrogens with one attached hydrogen (secondary N) is 1. The Balaban J connectivity index is 1.75. The molecule has 5 heteroatoms. The maximum absolute atomic E-state index is 13.1. The normalized spacial score (nSPS) is 15.4. The van der Waals surface area contributed by atoms with Crippen molar-refractivity contribution in [2.24, 2.45) is 0 Å². The number of carboxylic acids is 1. The van der Waals surface area contributed by atoms with E-state index in [-0.39, 0.29) is 11.5 Å². The smallest absolute Gasteiger partial charge is 0.335 e. The van der Waals surface area contributed by atoms with E-state index in [0.717, 1.165) is 42.6 Å². The predicted molar refractivity (Wildman–Crippen MR) is 98.4 cm³/mol. The predicted octanol–water partition coefficient (Wildman–Crippen LogP) is 3.52. The molecule has 0 spiro atoms. The zero-order valence-electron chi connectivity index (χ0n) is 14.8.